The number of hydrogen-bond donors (Lipinski definition) is 1. The molecular weight excluding hydrogens is 446 g/mol. The number of ether oxygens (including phenoxy) is 1. The first-order chi connectivity index (χ1) is 13.4. The van der Waals surface area contributed by atoms with Crippen molar-refractivity contribution in [3.63, 3.8) is 0 Å². The summed E-state index contributed by atoms with van der Waals surface area (Å²) in [5, 5.41) is 1.63. The van der Waals surface area contributed by atoms with Crippen LogP contribution in [-0.2, 0) is 9.84 Å². The van der Waals surface area contributed by atoms with E-state index in [0.717, 1.165) is 0 Å². The van der Waals surface area contributed by atoms with Crippen molar-refractivity contribution in [3.05, 3.63) is 82.7 Å². The SMILES string of the molecule is COc1ccc(S(=O)(=O)[C@H](CNC(=O)c2ccccc2Br)c2ccco2)cc1. The Morgan fingerprint density at radius 2 is 1.82 bits per heavy atom. The van der Waals surface area contributed by atoms with E-state index in [0.29, 0.717) is 15.8 Å². The Kier molecular flexibility index (Phi) is 6.21. The number of halogens is 1. The fourth-order valence-corrected chi connectivity index (χ4v) is 4.74. The van der Waals surface area contributed by atoms with Gasteiger partial charge in [-0.2, -0.15) is 0 Å². The van der Waals surface area contributed by atoms with Gasteiger partial charge in [0.15, 0.2) is 9.84 Å². The Labute approximate surface area is 171 Å². The normalized spacial score (nSPS) is 12.4. The van der Waals surface area contributed by atoms with E-state index in [1.54, 1.807) is 48.5 Å². The van der Waals surface area contributed by atoms with E-state index in [-0.39, 0.29) is 23.1 Å². The lowest BCUT2D eigenvalue weighted by atomic mass is 10.2. The van der Waals surface area contributed by atoms with Crippen molar-refractivity contribution >= 4 is 31.7 Å². The number of hydrogen-bond acceptors (Lipinski definition) is 5. The Morgan fingerprint density at radius 3 is 2.43 bits per heavy atom. The van der Waals surface area contributed by atoms with E-state index in [2.05, 4.69) is 21.2 Å². The first-order valence-electron chi connectivity index (χ1n) is 8.37. The molecule has 1 heterocycles. The second kappa shape index (κ2) is 8.62. The molecule has 2 aromatic carbocycles. The molecule has 0 saturated heterocycles. The van der Waals surface area contributed by atoms with Crippen LogP contribution in [0.3, 0.4) is 0 Å². The molecule has 0 radical (unpaired) electrons. The molecule has 0 aliphatic heterocycles. The number of carbonyl (C=O) groups is 1. The molecule has 1 aromatic heterocycles. The van der Waals surface area contributed by atoms with Gasteiger partial charge < -0.3 is 14.5 Å². The molecule has 6 nitrogen and oxygen atoms in total. The molecule has 0 saturated carbocycles. The largest absolute Gasteiger partial charge is 0.497 e. The van der Waals surface area contributed by atoms with Gasteiger partial charge in [-0.15, -0.1) is 0 Å². The quantitative estimate of drug-likeness (QED) is 0.572. The van der Waals surface area contributed by atoms with Gasteiger partial charge in [-0.25, -0.2) is 8.42 Å². The molecule has 0 unspecified atom stereocenters. The standard InChI is InChI=1S/C20H18BrNO5S/c1-26-14-8-10-15(11-9-14)28(24,25)19(18-7-4-12-27-18)13-22-20(23)16-5-2-3-6-17(16)21/h2-12,19H,13H2,1H3,(H,22,23)/t19-/m1/s1. The fourth-order valence-electron chi connectivity index (χ4n) is 2.69. The second-order valence-corrected chi connectivity index (χ2v) is 8.90. The summed E-state index contributed by atoms with van der Waals surface area (Å²) in [4.78, 5) is 12.6. The molecule has 1 atom stereocenters. The number of amides is 1. The van der Waals surface area contributed by atoms with Gasteiger partial charge in [-0.05, 0) is 64.5 Å². The van der Waals surface area contributed by atoms with Crippen LogP contribution in [0.4, 0.5) is 0 Å². The predicted octanol–water partition coefficient (Wildman–Crippen LogP) is 4.00. The molecule has 3 aromatic rings. The number of benzene rings is 2. The van der Waals surface area contributed by atoms with Crippen molar-refractivity contribution in [2.45, 2.75) is 10.1 Å². The Morgan fingerprint density at radius 1 is 1.11 bits per heavy atom. The van der Waals surface area contributed by atoms with Crippen LogP contribution >= 0.6 is 15.9 Å². The molecule has 1 N–H and O–H groups in total. The summed E-state index contributed by atoms with van der Waals surface area (Å²) < 4.78 is 37.4. The number of nitrogens with one attached hydrogen (secondary N) is 1. The molecule has 0 bridgehead atoms. The smallest absolute Gasteiger partial charge is 0.252 e. The van der Waals surface area contributed by atoms with Crippen LogP contribution in [0, 0.1) is 0 Å². The van der Waals surface area contributed by atoms with Crippen molar-refractivity contribution in [2.75, 3.05) is 13.7 Å². The van der Waals surface area contributed by atoms with Gasteiger partial charge in [-0.1, -0.05) is 12.1 Å². The zero-order valence-electron chi connectivity index (χ0n) is 15.0. The van der Waals surface area contributed by atoms with E-state index in [9.17, 15) is 13.2 Å². The minimum atomic E-state index is -3.81. The van der Waals surface area contributed by atoms with Crippen LogP contribution in [0.15, 0.2) is 80.7 Å². The number of carbonyl (C=O) groups excluding carboxylic acids is 1. The van der Waals surface area contributed by atoms with E-state index in [1.165, 1.54) is 25.5 Å². The number of rotatable bonds is 7. The summed E-state index contributed by atoms with van der Waals surface area (Å²) in [6.45, 7) is -0.137. The molecule has 3 rings (SSSR count). The van der Waals surface area contributed by atoms with E-state index < -0.39 is 15.1 Å². The minimum Gasteiger partial charge on any atom is -0.497 e. The Bertz CT molecular complexity index is 1050. The summed E-state index contributed by atoms with van der Waals surface area (Å²) in [5.41, 5.74) is 0.419. The summed E-state index contributed by atoms with van der Waals surface area (Å²) in [6, 6.07) is 16.2. The highest BCUT2D eigenvalue weighted by atomic mass is 79.9. The third-order valence-corrected chi connectivity index (χ3v) is 6.96. The molecule has 28 heavy (non-hydrogen) atoms. The van der Waals surface area contributed by atoms with Gasteiger partial charge in [0.2, 0.25) is 0 Å². The van der Waals surface area contributed by atoms with Crippen LogP contribution in [-0.4, -0.2) is 28.0 Å². The van der Waals surface area contributed by atoms with Crippen molar-refractivity contribution in [1.29, 1.82) is 0 Å². The lowest BCUT2D eigenvalue weighted by Gasteiger charge is -2.17. The highest BCUT2D eigenvalue weighted by Crippen LogP contribution is 2.30. The van der Waals surface area contributed by atoms with Gasteiger partial charge >= 0.3 is 0 Å². The summed E-state index contributed by atoms with van der Waals surface area (Å²) >= 11 is 3.32. The van der Waals surface area contributed by atoms with Crippen LogP contribution in [0.1, 0.15) is 21.4 Å². The van der Waals surface area contributed by atoms with E-state index in [1.807, 2.05) is 0 Å². The molecular formula is C20H18BrNO5S. The van der Waals surface area contributed by atoms with Crippen molar-refractivity contribution in [1.82, 2.24) is 5.32 Å². The van der Waals surface area contributed by atoms with Gasteiger partial charge in [0.05, 0.1) is 23.8 Å². The summed E-state index contributed by atoms with van der Waals surface area (Å²) in [7, 11) is -2.31. The lowest BCUT2D eigenvalue weighted by molar-refractivity contribution is 0.0952. The minimum absolute atomic E-state index is 0.116. The van der Waals surface area contributed by atoms with Gasteiger partial charge in [0.25, 0.3) is 5.91 Å². The average Bonchev–Trinajstić information content (AvgIpc) is 3.22. The molecule has 0 aliphatic carbocycles. The first-order valence-corrected chi connectivity index (χ1v) is 10.7. The van der Waals surface area contributed by atoms with Crippen LogP contribution in [0.5, 0.6) is 5.75 Å². The molecule has 1 amide bonds. The molecule has 146 valence electrons. The van der Waals surface area contributed by atoms with Crippen molar-refractivity contribution < 1.29 is 22.4 Å². The lowest BCUT2D eigenvalue weighted by Crippen LogP contribution is -2.32. The maximum atomic E-state index is 13.2. The Hall–Kier alpha value is -2.58. The monoisotopic (exact) mass is 463 g/mol. The molecule has 0 aliphatic rings. The maximum absolute atomic E-state index is 13.2. The fraction of sp³-hybridized carbons (Fsp3) is 0.150. The molecule has 0 spiro atoms. The van der Waals surface area contributed by atoms with Crippen molar-refractivity contribution in [3.8, 4) is 5.75 Å². The highest BCUT2D eigenvalue weighted by molar-refractivity contribution is 9.10. The predicted molar refractivity (Wildman–Crippen MR) is 108 cm³/mol. The van der Waals surface area contributed by atoms with Crippen LogP contribution in [0.2, 0.25) is 0 Å². The van der Waals surface area contributed by atoms with E-state index in [4.69, 9.17) is 9.15 Å². The molecule has 0 fully saturated rings. The van der Waals surface area contributed by atoms with Gasteiger partial charge in [0, 0.05) is 11.0 Å². The summed E-state index contributed by atoms with van der Waals surface area (Å²) in [6.07, 6.45) is 1.40. The van der Waals surface area contributed by atoms with Crippen LogP contribution < -0.4 is 10.1 Å². The zero-order valence-corrected chi connectivity index (χ0v) is 17.4. The van der Waals surface area contributed by atoms with E-state index >= 15 is 0 Å². The zero-order chi connectivity index (χ0) is 20.1. The van der Waals surface area contributed by atoms with Crippen molar-refractivity contribution in [2.24, 2.45) is 0 Å². The third-order valence-electron chi connectivity index (χ3n) is 4.19. The summed E-state index contributed by atoms with van der Waals surface area (Å²) in [5.74, 6) is 0.424. The maximum Gasteiger partial charge on any atom is 0.252 e. The first kappa shape index (κ1) is 20.2. The van der Waals surface area contributed by atoms with Gasteiger partial charge in [0.1, 0.15) is 16.8 Å². The topological polar surface area (TPSA) is 85.6 Å². The second-order valence-electron chi connectivity index (χ2n) is 5.91. The highest BCUT2D eigenvalue weighted by Gasteiger charge is 2.32. The third kappa shape index (κ3) is 4.28. The average molecular weight is 464 g/mol. The number of furan rings is 1. The van der Waals surface area contributed by atoms with Gasteiger partial charge in [-0.3, -0.25) is 4.79 Å². The Balaban J connectivity index is 1.87. The molecule has 8 heteroatoms. The number of methoxy groups -OCH3 is 1. The van der Waals surface area contributed by atoms with Crippen LogP contribution in [0.25, 0.3) is 0 Å². The number of sulfone groups is 1.